The van der Waals surface area contributed by atoms with Crippen LogP contribution in [0.15, 0.2) is 22.7 Å². The van der Waals surface area contributed by atoms with Crippen molar-refractivity contribution in [3.8, 4) is 0 Å². The fraction of sp³-hybridized carbons (Fsp3) is 0.500. The Morgan fingerprint density at radius 3 is 2.47 bits per heavy atom. The predicted molar refractivity (Wildman–Crippen MR) is 82.2 cm³/mol. The third-order valence-corrected chi connectivity index (χ3v) is 3.37. The van der Waals surface area contributed by atoms with Gasteiger partial charge in [0.05, 0.1) is 5.56 Å². The van der Waals surface area contributed by atoms with Gasteiger partial charge in [0.2, 0.25) is 0 Å². The van der Waals surface area contributed by atoms with Crippen LogP contribution < -0.4 is 4.90 Å². The molecular formula is C14H21BrN2O2. The van der Waals surface area contributed by atoms with E-state index in [1.54, 1.807) is 12.1 Å². The standard InChI is InChI=1S/C14H21BrN2O2/c1-4-17(7-5-6-16(2)3)13-9-11(14(18)19)8-12(15)10-13/h8-10H,4-7H2,1-3H3,(H,18,19). The zero-order valence-corrected chi connectivity index (χ0v) is 13.3. The molecule has 0 spiro atoms. The number of rotatable bonds is 7. The molecule has 0 radical (unpaired) electrons. The van der Waals surface area contributed by atoms with Crippen LogP contribution in [0.25, 0.3) is 0 Å². The topological polar surface area (TPSA) is 43.8 Å². The van der Waals surface area contributed by atoms with Gasteiger partial charge in [0, 0.05) is 23.2 Å². The highest BCUT2D eigenvalue weighted by Crippen LogP contribution is 2.23. The van der Waals surface area contributed by atoms with Crippen LogP contribution >= 0.6 is 15.9 Å². The summed E-state index contributed by atoms with van der Waals surface area (Å²) in [7, 11) is 4.11. The molecule has 1 aromatic carbocycles. The molecule has 0 saturated carbocycles. The summed E-state index contributed by atoms with van der Waals surface area (Å²) in [5.41, 5.74) is 1.27. The van der Waals surface area contributed by atoms with Crippen molar-refractivity contribution in [2.75, 3.05) is 38.6 Å². The highest BCUT2D eigenvalue weighted by Gasteiger charge is 2.10. The van der Waals surface area contributed by atoms with Gasteiger partial charge in [0.15, 0.2) is 0 Å². The van der Waals surface area contributed by atoms with E-state index in [2.05, 4.69) is 46.7 Å². The molecule has 0 aliphatic rings. The maximum Gasteiger partial charge on any atom is 0.335 e. The maximum atomic E-state index is 11.1. The molecule has 19 heavy (non-hydrogen) atoms. The zero-order valence-electron chi connectivity index (χ0n) is 11.7. The van der Waals surface area contributed by atoms with Gasteiger partial charge in [-0.2, -0.15) is 0 Å². The van der Waals surface area contributed by atoms with Crippen molar-refractivity contribution in [2.24, 2.45) is 0 Å². The average Bonchev–Trinajstić information content (AvgIpc) is 2.33. The van der Waals surface area contributed by atoms with Crippen molar-refractivity contribution in [3.05, 3.63) is 28.2 Å². The molecule has 0 bridgehead atoms. The number of carboxylic acid groups (broad SMARTS) is 1. The molecule has 1 N–H and O–H groups in total. The molecule has 0 aliphatic carbocycles. The van der Waals surface area contributed by atoms with Crippen LogP contribution in [-0.4, -0.2) is 49.7 Å². The van der Waals surface area contributed by atoms with Crippen LogP contribution in [-0.2, 0) is 0 Å². The number of hydrogen-bond acceptors (Lipinski definition) is 3. The van der Waals surface area contributed by atoms with Gasteiger partial charge in [-0.25, -0.2) is 4.79 Å². The lowest BCUT2D eigenvalue weighted by Gasteiger charge is -2.24. The fourth-order valence-corrected chi connectivity index (χ4v) is 2.41. The summed E-state index contributed by atoms with van der Waals surface area (Å²) in [5.74, 6) is -0.896. The summed E-state index contributed by atoms with van der Waals surface area (Å²) >= 11 is 3.37. The Bertz CT molecular complexity index is 435. The third-order valence-electron chi connectivity index (χ3n) is 2.91. The van der Waals surface area contributed by atoms with Crippen LogP contribution in [0.5, 0.6) is 0 Å². The van der Waals surface area contributed by atoms with Crippen molar-refractivity contribution in [1.29, 1.82) is 0 Å². The van der Waals surface area contributed by atoms with Crippen LogP contribution in [0.2, 0.25) is 0 Å². The number of nitrogens with zero attached hydrogens (tertiary/aromatic N) is 2. The van der Waals surface area contributed by atoms with Crippen molar-refractivity contribution in [1.82, 2.24) is 4.90 Å². The molecule has 0 aromatic heterocycles. The highest BCUT2D eigenvalue weighted by molar-refractivity contribution is 9.10. The summed E-state index contributed by atoms with van der Waals surface area (Å²) in [6.07, 6.45) is 1.05. The van der Waals surface area contributed by atoms with Gasteiger partial charge in [0.1, 0.15) is 0 Å². The average molecular weight is 329 g/mol. The number of benzene rings is 1. The lowest BCUT2D eigenvalue weighted by molar-refractivity contribution is 0.0697. The first-order valence-corrected chi connectivity index (χ1v) is 7.17. The summed E-state index contributed by atoms with van der Waals surface area (Å²) in [6.45, 7) is 4.89. The maximum absolute atomic E-state index is 11.1. The second-order valence-electron chi connectivity index (χ2n) is 4.74. The molecule has 4 nitrogen and oxygen atoms in total. The van der Waals surface area contributed by atoms with E-state index >= 15 is 0 Å². The van der Waals surface area contributed by atoms with Gasteiger partial charge in [0.25, 0.3) is 0 Å². The minimum atomic E-state index is -0.896. The van der Waals surface area contributed by atoms with E-state index in [-0.39, 0.29) is 0 Å². The summed E-state index contributed by atoms with van der Waals surface area (Å²) in [5, 5.41) is 9.09. The Morgan fingerprint density at radius 1 is 1.26 bits per heavy atom. The van der Waals surface area contributed by atoms with E-state index in [4.69, 9.17) is 5.11 Å². The van der Waals surface area contributed by atoms with Gasteiger partial charge < -0.3 is 14.9 Å². The van der Waals surface area contributed by atoms with Crippen molar-refractivity contribution in [3.63, 3.8) is 0 Å². The van der Waals surface area contributed by atoms with E-state index < -0.39 is 5.97 Å². The quantitative estimate of drug-likeness (QED) is 0.835. The Balaban J connectivity index is 2.82. The highest BCUT2D eigenvalue weighted by atomic mass is 79.9. The lowest BCUT2D eigenvalue weighted by Crippen LogP contribution is -2.27. The molecule has 0 amide bonds. The van der Waals surface area contributed by atoms with E-state index in [0.717, 1.165) is 36.2 Å². The molecule has 106 valence electrons. The number of anilines is 1. The van der Waals surface area contributed by atoms with Crippen molar-refractivity contribution >= 4 is 27.6 Å². The molecule has 0 unspecified atom stereocenters. The Hall–Kier alpha value is -1.07. The lowest BCUT2D eigenvalue weighted by atomic mass is 10.2. The van der Waals surface area contributed by atoms with E-state index in [0.29, 0.717) is 5.56 Å². The first-order chi connectivity index (χ1) is 8.93. The number of aromatic carboxylic acids is 1. The summed E-state index contributed by atoms with van der Waals surface area (Å²) < 4.78 is 0.799. The Kier molecular flexibility index (Phi) is 6.31. The number of halogens is 1. The van der Waals surface area contributed by atoms with E-state index in [1.165, 1.54) is 0 Å². The van der Waals surface area contributed by atoms with Gasteiger partial charge in [-0.15, -0.1) is 0 Å². The molecule has 0 atom stereocenters. The second-order valence-corrected chi connectivity index (χ2v) is 5.66. The Morgan fingerprint density at radius 2 is 1.95 bits per heavy atom. The van der Waals surface area contributed by atoms with Crippen LogP contribution in [0.4, 0.5) is 5.69 Å². The van der Waals surface area contributed by atoms with Crippen LogP contribution in [0.3, 0.4) is 0 Å². The van der Waals surface area contributed by atoms with Crippen LogP contribution in [0, 0.1) is 0 Å². The van der Waals surface area contributed by atoms with Gasteiger partial charge in [-0.1, -0.05) is 15.9 Å². The van der Waals surface area contributed by atoms with Crippen LogP contribution in [0.1, 0.15) is 23.7 Å². The van der Waals surface area contributed by atoms with Gasteiger partial charge in [-0.3, -0.25) is 0 Å². The normalized spacial score (nSPS) is 10.8. The number of carbonyl (C=O) groups is 1. The molecule has 1 rings (SSSR count). The smallest absolute Gasteiger partial charge is 0.335 e. The minimum absolute atomic E-state index is 0.315. The zero-order chi connectivity index (χ0) is 14.4. The fourth-order valence-electron chi connectivity index (χ4n) is 1.93. The molecule has 0 heterocycles. The molecule has 1 aromatic rings. The van der Waals surface area contributed by atoms with Crippen molar-refractivity contribution < 1.29 is 9.90 Å². The van der Waals surface area contributed by atoms with E-state index in [9.17, 15) is 4.79 Å². The monoisotopic (exact) mass is 328 g/mol. The second kappa shape index (κ2) is 7.50. The molecule has 5 heteroatoms. The summed E-state index contributed by atoms with van der Waals surface area (Å²) in [6, 6.07) is 5.32. The molecule has 0 aliphatic heterocycles. The SMILES string of the molecule is CCN(CCCN(C)C)c1cc(Br)cc(C(=O)O)c1. The van der Waals surface area contributed by atoms with Crippen molar-refractivity contribution in [2.45, 2.75) is 13.3 Å². The first kappa shape index (κ1) is 16.0. The third kappa shape index (κ3) is 5.20. The molecule has 0 fully saturated rings. The largest absolute Gasteiger partial charge is 0.478 e. The van der Waals surface area contributed by atoms with E-state index in [1.807, 2.05) is 6.07 Å². The van der Waals surface area contributed by atoms with Gasteiger partial charge in [-0.05, 0) is 52.2 Å². The predicted octanol–water partition coefficient (Wildman–Crippen LogP) is 2.93. The Labute approximate surface area is 123 Å². The minimum Gasteiger partial charge on any atom is -0.478 e. The molecule has 0 saturated heterocycles. The number of carboxylic acids is 1. The van der Waals surface area contributed by atoms with Gasteiger partial charge >= 0.3 is 5.97 Å². The first-order valence-electron chi connectivity index (χ1n) is 6.37. The summed E-state index contributed by atoms with van der Waals surface area (Å²) in [4.78, 5) is 15.4. The number of hydrogen-bond donors (Lipinski definition) is 1. The molecular weight excluding hydrogens is 308 g/mol.